The third-order valence-corrected chi connectivity index (χ3v) is 9.88. The Bertz CT molecular complexity index is 1460. The van der Waals surface area contributed by atoms with Gasteiger partial charge >= 0.3 is 12.1 Å². The molecule has 1 saturated carbocycles. The number of rotatable bonds is 4. The first-order valence-corrected chi connectivity index (χ1v) is 15.7. The zero-order valence-electron chi connectivity index (χ0n) is 24.8. The van der Waals surface area contributed by atoms with Crippen molar-refractivity contribution in [3.8, 4) is 0 Å². The van der Waals surface area contributed by atoms with E-state index >= 15 is 0 Å². The number of ketones is 1. The van der Waals surface area contributed by atoms with Crippen LogP contribution in [-0.2, 0) is 38.6 Å². The van der Waals surface area contributed by atoms with Crippen molar-refractivity contribution in [2.24, 2.45) is 17.3 Å². The van der Waals surface area contributed by atoms with E-state index in [1.165, 1.54) is 11.0 Å². The van der Waals surface area contributed by atoms with Crippen LogP contribution in [0.2, 0.25) is 0 Å². The fraction of sp³-hybridized carbons (Fsp3) is 0.486. The molecule has 3 heterocycles. The van der Waals surface area contributed by atoms with E-state index in [9.17, 15) is 28.7 Å². The van der Waals surface area contributed by atoms with Crippen molar-refractivity contribution < 1.29 is 33.4 Å². The van der Waals surface area contributed by atoms with E-state index in [4.69, 9.17) is 4.74 Å². The van der Waals surface area contributed by atoms with E-state index in [1.54, 1.807) is 17.0 Å². The molecule has 232 valence electrons. The molecule has 2 amide bonds. The van der Waals surface area contributed by atoms with Crippen LogP contribution in [0.1, 0.15) is 68.1 Å². The number of carbonyl (C=O) groups is 4. The maximum Gasteiger partial charge on any atom is 0.410 e. The second-order valence-electron chi connectivity index (χ2n) is 12.8. The highest BCUT2D eigenvalue weighted by Crippen LogP contribution is 2.57. The van der Waals surface area contributed by atoms with Crippen LogP contribution < -0.4 is 0 Å². The number of carbonyl (C=O) groups excluding carboxylic acids is 3. The molecule has 6 rings (SSSR count). The molecule has 5 atom stereocenters. The molecule has 0 radical (unpaired) electrons. The van der Waals surface area contributed by atoms with Gasteiger partial charge in [0.2, 0.25) is 5.91 Å². The van der Waals surface area contributed by atoms with Crippen LogP contribution in [0.25, 0.3) is 0 Å². The zero-order chi connectivity index (χ0) is 30.8. The molecule has 0 aromatic heterocycles. The Morgan fingerprint density at radius 1 is 1.02 bits per heavy atom. The maximum absolute atomic E-state index is 14.3. The van der Waals surface area contributed by atoms with E-state index in [0.29, 0.717) is 24.8 Å². The third kappa shape index (κ3) is 6.14. The number of fused-ring (bicyclic) bond motifs is 3. The summed E-state index contributed by atoms with van der Waals surface area (Å²) in [4.78, 5) is 56.7. The van der Waals surface area contributed by atoms with Crippen LogP contribution in [0, 0.1) is 23.1 Å². The van der Waals surface area contributed by atoms with Crippen LogP contribution >= 0.6 is 0 Å². The van der Waals surface area contributed by atoms with Gasteiger partial charge in [-0.3, -0.25) is 19.3 Å². The lowest BCUT2D eigenvalue weighted by atomic mass is 9.90. The predicted octanol–water partition coefficient (Wildman–Crippen LogP) is 5.68. The van der Waals surface area contributed by atoms with Crippen molar-refractivity contribution in [2.45, 2.75) is 83.0 Å². The van der Waals surface area contributed by atoms with E-state index in [2.05, 4.69) is 0 Å². The number of carboxylic acids is 1. The molecule has 2 aromatic rings. The summed E-state index contributed by atoms with van der Waals surface area (Å²) in [6.07, 6.45) is 7.74. The number of hydrogen-bond acceptors (Lipinski definition) is 5. The number of carboxylic acid groups (broad SMARTS) is 1. The smallest absolute Gasteiger partial charge is 0.410 e. The minimum absolute atomic E-state index is 0.0603. The molecule has 0 spiro atoms. The SMILES string of the molecule is O=C1C[C@]2(C(=O)O)C[C@H]2/C=C\CCCCC[C@H](Cc2ccccc2)C(=O)N2C[C@H](OC(=O)N3Cc4cccc(F)c4C3)C[C@@H]12. The predicted molar refractivity (Wildman–Crippen MR) is 160 cm³/mol. The number of halogens is 1. The lowest BCUT2D eigenvalue weighted by Gasteiger charge is -2.29. The third-order valence-electron chi connectivity index (χ3n) is 9.88. The van der Waals surface area contributed by atoms with E-state index in [1.807, 2.05) is 42.5 Å². The molecular formula is C35H39FN2O6. The summed E-state index contributed by atoms with van der Waals surface area (Å²) in [6, 6.07) is 13.7. The summed E-state index contributed by atoms with van der Waals surface area (Å²) in [6.45, 7) is 0.372. The van der Waals surface area contributed by atoms with Gasteiger partial charge in [0.05, 0.1) is 24.5 Å². The van der Waals surface area contributed by atoms with Gasteiger partial charge in [0.15, 0.2) is 5.78 Å². The summed E-state index contributed by atoms with van der Waals surface area (Å²) in [5.41, 5.74) is 1.06. The number of aliphatic carboxylic acids is 1. The van der Waals surface area contributed by atoms with Crippen molar-refractivity contribution in [1.82, 2.24) is 9.80 Å². The zero-order valence-corrected chi connectivity index (χ0v) is 24.8. The number of hydrogen-bond donors (Lipinski definition) is 1. The quantitative estimate of drug-likeness (QED) is 0.452. The fourth-order valence-electron chi connectivity index (χ4n) is 7.23. The Morgan fingerprint density at radius 2 is 1.84 bits per heavy atom. The van der Waals surface area contributed by atoms with Crippen LogP contribution in [0.15, 0.2) is 60.7 Å². The van der Waals surface area contributed by atoms with Crippen LogP contribution in [0.3, 0.4) is 0 Å². The van der Waals surface area contributed by atoms with Gasteiger partial charge in [0.1, 0.15) is 11.9 Å². The van der Waals surface area contributed by atoms with Crippen molar-refractivity contribution >= 4 is 23.8 Å². The van der Waals surface area contributed by atoms with Crippen molar-refractivity contribution in [3.05, 3.63) is 83.2 Å². The molecule has 1 saturated heterocycles. The summed E-state index contributed by atoms with van der Waals surface area (Å²) < 4.78 is 20.2. The van der Waals surface area contributed by atoms with E-state index in [0.717, 1.165) is 36.8 Å². The molecule has 3 aliphatic heterocycles. The standard InChI is InChI=1S/C35H39FN2O6/c36-29-15-9-13-25-20-37(22-28(25)29)34(43)44-27-17-30-31(39)19-35(33(41)42)18-26(35)14-8-3-1-2-7-12-24(32(40)38(30)21-27)16-23-10-5-4-6-11-23/h4-6,8-11,13-15,24,26-27,30H,1-3,7,12,16-22H2,(H,41,42)/b14-8-/t24-,26-,27-,30+,35-/m1/s1. The number of nitrogens with zero attached hydrogens (tertiary/aromatic N) is 2. The lowest BCUT2D eigenvalue weighted by molar-refractivity contribution is -0.147. The van der Waals surface area contributed by atoms with Gasteiger partial charge in [0, 0.05) is 30.9 Å². The second-order valence-corrected chi connectivity index (χ2v) is 12.8. The number of amides is 2. The first-order chi connectivity index (χ1) is 21.2. The number of ether oxygens (including phenoxy) is 1. The molecule has 9 heteroatoms. The molecule has 4 aliphatic rings. The van der Waals surface area contributed by atoms with Gasteiger partial charge in [-0.2, -0.15) is 0 Å². The molecule has 44 heavy (non-hydrogen) atoms. The minimum Gasteiger partial charge on any atom is -0.481 e. The first-order valence-electron chi connectivity index (χ1n) is 15.7. The van der Waals surface area contributed by atoms with E-state index < -0.39 is 29.6 Å². The molecule has 1 N–H and O–H groups in total. The second kappa shape index (κ2) is 12.5. The number of benzene rings is 2. The van der Waals surface area contributed by atoms with Gasteiger partial charge in [-0.15, -0.1) is 0 Å². The van der Waals surface area contributed by atoms with Crippen LogP contribution in [0.5, 0.6) is 0 Å². The number of Topliss-reactive ketones (excluding diaryl/α,β-unsaturated/α-hetero) is 1. The van der Waals surface area contributed by atoms with Gasteiger partial charge in [-0.05, 0) is 55.2 Å². The Kier molecular flexibility index (Phi) is 8.56. The minimum atomic E-state index is -1.16. The normalized spacial score (nSPS) is 29.6. The maximum atomic E-state index is 14.3. The molecule has 1 aliphatic carbocycles. The lowest BCUT2D eigenvalue weighted by Crippen LogP contribution is -2.45. The Hall–Kier alpha value is -4.01. The van der Waals surface area contributed by atoms with Gasteiger partial charge in [-0.25, -0.2) is 9.18 Å². The topological polar surface area (TPSA) is 104 Å². The highest BCUT2D eigenvalue weighted by molar-refractivity contribution is 5.95. The largest absolute Gasteiger partial charge is 0.481 e. The number of allylic oxidation sites excluding steroid dienone is 2. The molecular weight excluding hydrogens is 563 g/mol. The highest BCUT2D eigenvalue weighted by Gasteiger charge is 2.61. The van der Waals surface area contributed by atoms with Gasteiger partial charge in [-0.1, -0.05) is 67.5 Å². The van der Waals surface area contributed by atoms with Crippen LogP contribution in [-0.4, -0.2) is 57.3 Å². The average molecular weight is 603 g/mol. The van der Waals surface area contributed by atoms with Gasteiger partial charge < -0.3 is 14.7 Å². The Labute approximate surface area is 256 Å². The summed E-state index contributed by atoms with van der Waals surface area (Å²) in [5.74, 6) is -2.40. The monoisotopic (exact) mass is 602 g/mol. The molecule has 8 nitrogen and oxygen atoms in total. The average Bonchev–Trinajstić information content (AvgIpc) is 3.32. The molecule has 2 fully saturated rings. The molecule has 0 bridgehead atoms. The van der Waals surface area contributed by atoms with Crippen molar-refractivity contribution in [2.75, 3.05) is 6.54 Å². The fourth-order valence-corrected chi connectivity index (χ4v) is 7.23. The van der Waals surface area contributed by atoms with Crippen molar-refractivity contribution in [3.63, 3.8) is 0 Å². The van der Waals surface area contributed by atoms with Gasteiger partial charge in [0.25, 0.3) is 0 Å². The summed E-state index contributed by atoms with van der Waals surface area (Å²) in [7, 11) is 0. The Morgan fingerprint density at radius 3 is 2.61 bits per heavy atom. The molecule has 0 unspecified atom stereocenters. The summed E-state index contributed by atoms with van der Waals surface area (Å²) >= 11 is 0. The van der Waals surface area contributed by atoms with Crippen molar-refractivity contribution in [1.29, 1.82) is 0 Å². The van der Waals surface area contributed by atoms with Crippen LogP contribution in [0.4, 0.5) is 9.18 Å². The Balaban J connectivity index is 1.23. The first kappa shape index (κ1) is 30.0. The van der Waals surface area contributed by atoms with E-state index in [-0.39, 0.29) is 61.8 Å². The summed E-state index contributed by atoms with van der Waals surface area (Å²) in [5, 5.41) is 10.1. The molecule has 2 aromatic carbocycles. The highest BCUT2D eigenvalue weighted by atomic mass is 19.1.